The van der Waals surface area contributed by atoms with Crippen LogP contribution in [0.15, 0.2) is 94.8 Å². The Kier molecular flexibility index (Phi) is 13.5. The van der Waals surface area contributed by atoms with Gasteiger partial charge in [-0.25, -0.2) is 28.0 Å². The van der Waals surface area contributed by atoms with Crippen LogP contribution in [0.1, 0.15) is 27.7 Å². The number of hydrogen-bond acceptors (Lipinski definition) is 12. The molecule has 0 saturated carbocycles. The molecule has 2 unspecified atom stereocenters. The van der Waals surface area contributed by atoms with Gasteiger partial charge in [-0.15, -0.1) is 0 Å². The van der Waals surface area contributed by atoms with Crippen LogP contribution in [0.25, 0.3) is 21.8 Å². The maximum atomic E-state index is 11.0. The molecule has 2 aromatic heterocycles. The van der Waals surface area contributed by atoms with E-state index in [9.17, 15) is 27.1 Å². The maximum Gasteiger partial charge on any atom is 0.462 e. The number of fused-ring (bicyclic) bond motifs is 2. The first-order valence-corrected chi connectivity index (χ1v) is 16.7. The van der Waals surface area contributed by atoms with E-state index in [2.05, 4.69) is 19.4 Å². The molecular formula is C30H34N2O16S2Ti+4. The number of carbonyl (C=O) groups excluding carboxylic acids is 2. The molecule has 0 radical (unpaired) electrons. The summed E-state index contributed by atoms with van der Waals surface area (Å²) < 4.78 is 81.1. The summed E-state index contributed by atoms with van der Waals surface area (Å²) in [6.45, 7) is 6.30. The van der Waals surface area contributed by atoms with Crippen molar-refractivity contribution < 1.29 is 96.6 Å². The van der Waals surface area contributed by atoms with E-state index in [1.165, 1.54) is 48.8 Å². The van der Waals surface area contributed by atoms with E-state index < -0.39 is 43.7 Å². The molecule has 0 amide bonds. The van der Waals surface area contributed by atoms with Gasteiger partial charge in [0.2, 0.25) is 0 Å². The summed E-state index contributed by atoms with van der Waals surface area (Å²) in [6, 6.07) is 11.1. The molecule has 18 nitrogen and oxygen atoms in total. The predicted octanol–water partition coefficient (Wildman–Crippen LogP) is 1.19. The summed E-state index contributed by atoms with van der Waals surface area (Å²) in [5.41, 5.74) is 0.514. The SMILES string of the molecule is CC1(C)OC(=O)C=C([OH2+])O1.CC1(C)OC(=O)C=C([OH2+])O1.O=S([O-])(=[OH+])c1ccc([OH2+])c2ncccc12.O=S([O-])(=[OH+])c1ccc([OH2+])c2ncccc12.[Ti]. The number of aromatic nitrogens is 2. The number of pyridine rings is 2. The second-order valence-corrected chi connectivity index (χ2v) is 13.6. The third-order valence-corrected chi connectivity index (χ3v) is 7.74. The largest absolute Gasteiger partial charge is 0.702 e. The number of cyclic esters (lactones) is 2. The Bertz CT molecular complexity index is 2060. The quantitative estimate of drug-likeness (QED) is 0.120. The molecule has 2 aliphatic heterocycles. The molecule has 0 bridgehead atoms. The van der Waals surface area contributed by atoms with E-state index in [4.69, 9.17) is 38.3 Å². The van der Waals surface area contributed by atoms with Crippen LogP contribution in [0, 0.1) is 0 Å². The molecule has 2 aliphatic rings. The van der Waals surface area contributed by atoms with Crippen LogP contribution in [0.4, 0.5) is 0 Å². The minimum absolute atomic E-state index is 0. The number of benzene rings is 2. The van der Waals surface area contributed by atoms with E-state index >= 15 is 0 Å². The fraction of sp³-hybridized carbons (Fsp3) is 0.200. The third-order valence-electron chi connectivity index (χ3n) is 5.92. The zero-order valence-electron chi connectivity index (χ0n) is 27.1. The van der Waals surface area contributed by atoms with Crippen molar-refractivity contribution in [2.45, 2.75) is 49.1 Å². The number of ether oxygens (including phenoxy) is 4. The molecule has 51 heavy (non-hydrogen) atoms. The first-order chi connectivity index (χ1) is 23.0. The summed E-state index contributed by atoms with van der Waals surface area (Å²) in [4.78, 5) is 28.5. The van der Waals surface area contributed by atoms with Crippen LogP contribution in [-0.4, -0.2) is 79.8 Å². The summed E-state index contributed by atoms with van der Waals surface area (Å²) in [6.07, 6.45) is 4.92. The Morgan fingerprint density at radius 3 is 1.24 bits per heavy atom. The van der Waals surface area contributed by atoms with Crippen LogP contribution in [0.3, 0.4) is 0 Å². The molecule has 0 saturated heterocycles. The van der Waals surface area contributed by atoms with Gasteiger partial charge in [-0.05, 0) is 36.4 Å². The summed E-state index contributed by atoms with van der Waals surface area (Å²) in [7, 11) is -8.54. The Morgan fingerprint density at radius 1 is 0.627 bits per heavy atom. The topological polar surface area (TPSA) is 312 Å². The van der Waals surface area contributed by atoms with Gasteiger partial charge in [-0.2, -0.15) is 8.42 Å². The number of nitrogens with zero attached hydrogens (tertiary/aromatic N) is 2. The van der Waals surface area contributed by atoms with Crippen molar-refractivity contribution in [3.05, 3.63) is 85.0 Å². The molecule has 10 N–H and O–H groups in total. The summed E-state index contributed by atoms with van der Waals surface area (Å²) >= 11 is 0. The summed E-state index contributed by atoms with van der Waals surface area (Å²) in [5, 5.41) is 29.6. The van der Waals surface area contributed by atoms with Gasteiger partial charge in [0.25, 0.3) is 31.7 Å². The van der Waals surface area contributed by atoms with Crippen LogP contribution < -0.4 is 0 Å². The Labute approximate surface area is 305 Å². The van der Waals surface area contributed by atoms with Crippen LogP contribution in [-0.2, 0) is 70.5 Å². The van der Waals surface area contributed by atoms with Crippen molar-refractivity contribution in [2.75, 3.05) is 0 Å². The van der Waals surface area contributed by atoms with E-state index in [0.29, 0.717) is 0 Å². The van der Waals surface area contributed by atoms with E-state index in [1.54, 1.807) is 39.8 Å². The standard InChI is InChI=1S/2C9H7NO4S.2C6H8O4.Ti/c2*11-7-3-4-8(15(12,13)14)6-2-1-5-10-9(6)7;2*1-6(2)9-4(7)3-5(8)10-6;/h2*1-5,11H,(H,12,13,14);2*3,7H,1-2H3;/p+4. The molecule has 0 aliphatic carbocycles. The first kappa shape index (κ1) is 42.2. The predicted molar refractivity (Wildman–Crippen MR) is 174 cm³/mol. The van der Waals surface area contributed by atoms with Gasteiger partial charge in [0.05, 0.1) is 0 Å². The molecule has 272 valence electrons. The normalized spacial score (nSPS) is 17.7. The molecular weight excluding hydrogens is 756 g/mol. The fourth-order valence-electron chi connectivity index (χ4n) is 4.13. The van der Waals surface area contributed by atoms with Crippen molar-refractivity contribution in [3.63, 3.8) is 0 Å². The average molecular weight is 791 g/mol. The molecule has 4 heterocycles. The monoisotopic (exact) mass is 790 g/mol. The zero-order valence-corrected chi connectivity index (χ0v) is 30.3. The van der Waals surface area contributed by atoms with Crippen LogP contribution in [0.2, 0.25) is 0 Å². The second kappa shape index (κ2) is 16.4. The molecule has 2 atom stereocenters. The Hall–Kier alpha value is -4.99. The zero-order chi connectivity index (χ0) is 37.7. The van der Waals surface area contributed by atoms with Gasteiger partial charge >= 0.3 is 35.4 Å². The Morgan fingerprint density at radius 2 is 0.961 bits per heavy atom. The molecule has 2 aromatic carbocycles. The van der Waals surface area contributed by atoms with E-state index in [-0.39, 0.29) is 76.7 Å². The van der Waals surface area contributed by atoms with E-state index in [1.807, 2.05) is 0 Å². The van der Waals surface area contributed by atoms with Crippen LogP contribution >= 0.6 is 0 Å². The molecule has 0 fully saturated rings. The minimum Gasteiger partial charge on any atom is -0.702 e. The van der Waals surface area contributed by atoms with E-state index in [0.717, 1.165) is 12.2 Å². The van der Waals surface area contributed by atoms with Crippen molar-refractivity contribution in [1.29, 1.82) is 0 Å². The van der Waals surface area contributed by atoms with Gasteiger partial charge < -0.3 is 39.0 Å². The third kappa shape index (κ3) is 12.1. The van der Waals surface area contributed by atoms with Crippen molar-refractivity contribution >= 4 is 54.0 Å². The number of hydrogen-bond donors (Lipinski definition) is 0. The minimum atomic E-state index is -4.27. The molecule has 6 rings (SSSR count). The number of esters is 2. The fourth-order valence-corrected chi connectivity index (χ4v) is 5.50. The van der Waals surface area contributed by atoms with Crippen LogP contribution in [0.5, 0.6) is 11.5 Å². The van der Waals surface area contributed by atoms with Gasteiger partial charge in [0.1, 0.15) is 9.79 Å². The number of carbonyl (C=O) groups is 2. The molecule has 4 aromatic rings. The van der Waals surface area contributed by atoms with Gasteiger partial charge in [0, 0.05) is 84.7 Å². The second-order valence-electron chi connectivity index (χ2n) is 10.8. The average Bonchev–Trinajstić information content (AvgIpc) is 2.95. The number of rotatable bonds is 2. The van der Waals surface area contributed by atoms with Crippen molar-refractivity contribution in [2.24, 2.45) is 0 Å². The molecule has 0 spiro atoms. The Balaban J connectivity index is 0.000000239. The molecule has 21 heteroatoms. The van der Waals surface area contributed by atoms with Gasteiger partial charge in [0.15, 0.2) is 23.2 Å². The maximum absolute atomic E-state index is 11.0. The van der Waals surface area contributed by atoms with Crippen molar-refractivity contribution in [3.8, 4) is 11.5 Å². The van der Waals surface area contributed by atoms with Gasteiger partial charge in [-0.1, -0.05) is 0 Å². The first-order valence-electron chi connectivity index (χ1n) is 13.8. The summed E-state index contributed by atoms with van der Waals surface area (Å²) in [5.74, 6) is -3.08. The smallest absolute Gasteiger partial charge is 0.462 e. The van der Waals surface area contributed by atoms with Crippen molar-refractivity contribution in [1.82, 2.24) is 9.97 Å². The van der Waals surface area contributed by atoms with Gasteiger partial charge in [-0.3, -0.25) is 9.47 Å².